The minimum absolute atomic E-state index is 0.434. The second-order valence-corrected chi connectivity index (χ2v) is 3.52. The molecule has 0 saturated heterocycles. The number of aliphatic hydroxyl groups is 1. The number of aliphatic hydroxyl groups excluding tert-OH is 1. The van der Waals surface area contributed by atoms with Gasteiger partial charge < -0.3 is 5.11 Å². The summed E-state index contributed by atoms with van der Waals surface area (Å²) < 4.78 is 1.87. The zero-order valence-electron chi connectivity index (χ0n) is 9.40. The lowest BCUT2D eigenvalue weighted by atomic mass is 10.1. The molecule has 0 aliphatic heterocycles. The number of aryl methyl sites for hydroxylation is 1. The van der Waals surface area contributed by atoms with E-state index in [1.165, 1.54) is 0 Å². The first-order valence-electron chi connectivity index (χ1n) is 5.38. The molecular weight excluding hydrogens is 188 g/mol. The van der Waals surface area contributed by atoms with Gasteiger partial charge in [0.1, 0.15) is 0 Å². The van der Waals surface area contributed by atoms with Crippen LogP contribution in [0.25, 0.3) is 0 Å². The van der Waals surface area contributed by atoms with E-state index in [0.717, 1.165) is 24.9 Å². The average Bonchev–Trinajstić information content (AvgIpc) is 2.67. The quantitative estimate of drug-likeness (QED) is 0.749. The van der Waals surface area contributed by atoms with Crippen molar-refractivity contribution in [3.05, 3.63) is 18.0 Å². The SMILES string of the molecule is CC#CCCC(O)c1cnn(CCC)c1. The molecule has 0 aliphatic rings. The molecule has 82 valence electrons. The van der Waals surface area contributed by atoms with Crippen molar-refractivity contribution < 1.29 is 5.11 Å². The molecule has 0 spiro atoms. The molecule has 15 heavy (non-hydrogen) atoms. The number of hydrogen-bond donors (Lipinski definition) is 1. The normalized spacial score (nSPS) is 11.9. The third-order valence-corrected chi connectivity index (χ3v) is 2.21. The molecule has 0 amide bonds. The van der Waals surface area contributed by atoms with Crippen molar-refractivity contribution in [2.75, 3.05) is 0 Å². The predicted octanol–water partition coefficient (Wildman–Crippen LogP) is 2.13. The Morgan fingerprint density at radius 3 is 3.07 bits per heavy atom. The van der Waals surface area contributed by atoms with E-state index in [2.05, 4.69) is 23.9 Å². The Balaban J connectivity index is 2.48. The summed E-state index contributed by atoms with van der Waals surface area (Å²) in [5, 5.41) is 14.0. The number of rotatable bonds is 5. The molecule has 0 saturated carbocycles. The summed E-state index contributed by atoms with van der Waals surface area (Å²) in [6.07, 6.45) is 5.68. The standard InChI is InChI=1S/C12H18N2O/c1-3-5-6-7-12(15)11-9-13-14(10-11)8-4-2/h9-10,12,15H,4,6-8H2,1-2H3. The van der Waals surface area contributed by atoms with Crippen molar-refractivity contribution in [2.45, 2.75) is 45.8 Å². The van der Waals surface area contributed by atoms with Gasteiger partial charge in [-0.3, -0.25) is 4.68 Å². The molecule has 0 aliphatic carbocycles. The number of nitrogens with zero attached hydrogens (tertiary/aromatic N) is 2. The van der Waals surface area contributed by atoms with Crippen LogP contribution >= 0.6 is 0 Å². The van der Waals surface area contributed by atoms with Gasteiger partial charge in [0.15, 0.2) is 0 Å². The molecule has 1 heterocycles. The first-order valence-corrected chi connectivity index (χ1v) is 5.38. The van der Waals surface area contributed by atoms with Crippen LogP contribution in [0.15, 0.2) is 12.4 Å². The average molecular weight is 206 g/mol. The second kappa shape index (κ2) is 6.26. The minimum Gasteiger partial charge on any atom is -0.388 e. The fourth-order valence-corrected chi connectivity index (χ4v) is 1.40. The van der Waals surface area contributed by atoms with Gasteiger partial charge >= 0.3 is 0 Å². The summed E-state index contributed by atoms with van der Waals surface area (Å²) >= 11 is 0. The molecule has 1 aromatic rings. The third-order valence-electron chi connectivity index (χ3n) is 2.21. The molecule has 3 nitrogen and oxygen atoms in total. The highest BCUT2D eigenvalue weighted by Gasteiger charge is 2.08. The van der Waals surface area contributed by atoms with Gasteiger partial charge in [-0.1, -0.05) is 6.92 Å². The van der Waals surface area contributed by atoms with E-state index in [1.54, 1.807) is 6.20 Å². The summed E-state index contributed by atoms with van der Waals surface area (Å²) in [4.78, 5) is 0. The van der Waals surface area contributed by atoms with Crippen molar-refractivity contribution in [1.29, 1.82) is 0 Å². The van der Waals surface area contributed by atoms with Crippen LogP contribution in [0.5, 0.6) is 0 Å². The van der Waals surface area contributed by atoms with Crippen LogP contribution in [0.3, 0.4) is 0 Å². The van der Waals surface area contributed by atoms with Crippen LogP contribution in [-0.4, -0.2) is 14.9 Å². The Labute approximate surface area is 91.1 Å². The summed E-state index contributed by atoms with van der Waals surface area (Å²) in [7, 11) is 0. The maximum absolute atomic E-state index is 9.81. The molecular formula is C12H18N2O. The van der Waals surface area contributed by atoms with E-state index in [0.29, 0.717) is 6.42 Å². The highest BCUT2D eigenvalue weighted by Crippen LogP contribution is 2.16. The molecule has 1 unspecified atom stereocenters. The van der Waals surface area contributed by atoms with E-state index in [4.69, 9.17) is 0 Å². The largest absolute Gasteiger partial charge is 0.388 e. The third kappa shape index (κ3) is 3.77. The number of aromatic nitrogens is 2. The molecule has 1 rings (SSSR count). The first-order chi connectivity index (χ1) is 7.27. The zero-order valence-corrected chi connectivity index (χ0v) is 9.40. The first kappa shape index (κ1) is 11.8. The van der Waals surface area contributed by atoms with Crippen LogP contribution in [0.4, 0.5) is 0 Å². The van der Waals surface area contributed by atoms with Crippen LogP contribution < -0.4 is 0 Å². The van der Waals surface area contributed by atoms with Crippen molar-refractivity contribution in [3.63, 3.8) is 0 Å². The van der Waals surface area contributed by atoms with Gasteiger partial charge in [-0.2, -0.15) is 5.10 Å². The van der Waals surface area contributed by atoms with E-state index in [9.17, 15) is 5.11 Å². The maximum atomic E-state index is 9.81. The van der Waals surface area contributed by atoms with Crippen molar-refractivity contribution in [2.24, 2.45) is 0 Å². The van der Waals surface area contributed by atoms with Gasteiger partial charge in [0.2, 0.25) is 0 Å². The highest BCUT2D eigenvalue weighted by atomic mass is 16.3. The van der Waals surface area contributed by atoms with E-state index in [-0.39, 0.29) is 0 Å². The van der Waals surface area contributed by atoms with E-state index >= 15 is 0 Å². The molecule has 0 aromatic carbocycles. The van der Waals surface area contributed by atoms with Gasteiger partial charge in [-0.15, -0.1) is 11.8 Å². The fraction of sp³-hybridized carbons (Fsp3) is 0.583. The molecule has 1 N–H and O–H groups in total. The molecule has 0 radical (unpaired) electrons. The predicted molar refractivity (Wildman–Crippen MR) is 60.2 cm³/mol. The summed E-state index contributed by atoms with van der Waals surface area (Å²) in [6.45, 7) is 4.82. The van der Waals surface area contributed by atoms with Crippen molar-refractivity contribution in [3.8, 4) is 11.8 Å². The maximum Gasteiger partial charge on any atom is 0.0829 e. The van der Waals surface area contributed by atoms with Crippen molar-refractivity contribution >= 4 is 0 Å². The summed E-state index contributed by atoms with van der Waals surface area (Å²) in [6, 6.07) is 0. The van der Waals surface area contributed by atoms with Gasteiger partial charge in [0, 0.05) is 24.7 Å². The van der Waals surface area contributed by atoms with Gasteiger partial charge in [-0.25, -0.2) is 0 Å². The van der Waals surface area contributed by atoms with Gasteiger partial charge in [0.05, 0.1) is 12.3 Å². The van der Waals surface area contributed by atoms with Gasteiger partial charge in [-0.05, 0) is 19.8 Å². The Bertz CT molecular complexity index is 346. The minimum atomic E-state index is -0.434. The van der Waals surface area contributed by atoms with E-state index < -0.39 is 6.10 Å². The smallest absolute Gasteiger partial charge is 0.0829 e. The lowest BCUT2D eigenvalue weighted by molar-refractivity contribution is 0.169. The zero-order chi connectivity index (χ0) is 11.1. The lowest BCUT2D eigenvalue weighted by Gasteiger charge is -2.04. The summed E-state index contributed by atoms with van der Waals surface area (Å²) in [5.41, 5.74) is 0.890. The Kier molecular flexibility index (Phi) is 4.92. The molecule has 3 heteroatoms. The lowest BCUT2D eigenvalue weighted by Crippen LogP contribution is -1.97. The van der Waals surface area contributed by atoms with Crippen LogP contribution in [-0.2, 0) is 6.54 Å². The van der Waals surface area contributed by atoms with E-state index in [1.807, 2.05) is 17.8 Å². The van der Waals surface area contributed by atoms with Crippen molar-refractivity contribution in [1.82, 2.24) is 9.78 Å². The van der Waals surface area contributed by atoms with Crippen LogP contribution in [0.2, 0.25) is 0 Å². The molecule has 0 fully saturated rings. The number of hydrogen-bond acceptors (Lipinski definition) is 2. The Hall–Kier alpha value is -1.27. The second-order valence-electron chi connectivity index (χ2n) is 3.52. The fourth-order valence-electron chi connectivity index (χ4n) is 1.40. The topological polar surface area (TPSA) is 38.1 Å². The monoisotopic (exact) mass is 206 g/mol. The molecule has 1 aromatic heterocycles. The Morgan fingerprint density at radius 2 is 2.40 bits per heavy atom. The van der Waals surface area contributed by atoms with Crippen LogP contribution in [0, 0.1) is 11.8 Å². The summed E-state index contributed by atoms with van der Waals surface area (Å²) in [5.74, 6) is 5.76. The molecule has 1 atom stereocenters. The van der Waals surface area contributed by atoms with Crippen LogP contribution in [0.1, 0.15) is 44.8 Å². The Morgan fingerprint density at radius 1 is 1.60 bits per heavy atom. The molecule has 0 bridgehead atoms. The highest BCUT2D eigenvalue weighted by molar-refractivity contribution is 5.08. The van der Waals surface area contributed by atoms with Gasteiger partial charge in [0.25, 0.3) is 0 Å².